The lowest BCUT2D eigenvalue weighted by atomic mass is 10.1. The highest BCUT2D eigenvalue weighted by molar-refractivity contribution is 5.80. The van der Waals surface area contributed by atoms with Crippen LogP contribution >= 0.6 is 0 Å². The molecule has 5 heteroatoms. The Hall–Kier alpha value is -2.66. The molecule has 0 aliphatic carbocycles. The molecule has 1 heterocycles. The van der Waals surface area contributed by atoms with Crippen LogP contribution in [-0.4, -0.2) is 22.1 Å². The predicted molar refractivity (Wildman–Crippen MR) is 90.9 cm³/mol. The highest BCUT2D eigenvalue weighted by Crippen LogP contribution is 2.15. The first-order chi connectivity index (χ1) is 11.6. The molecule has 0 saturated heterocycles. The summed E-state index contributed by atoms with van der Waals surface area (Å²) in [7, 11) is 0. The minimum Gasteiger partial charge on any atom is -0.387 e. The molecule has 0 aliphatic rings. The number of hydrogen-bond acceptors (Lipinski definition) is 2. The second-order valence-electron chi connectivity index (χ2n) is 5.69. The first-order valence-electron chi connectivity index (χ1n) is 7.87. The van der Waals surface area contributed by atoms with Crippen LogP contribution in [0.1, 0.15) is 18.1 Å². The number of nitrogens with one attached hydrogen (secondary N) is 1. The highest BCUT2D eigenvalue weighted by Gasteiger charge is 2.10. The lowest BCUT2D eigenvalue weighted by molar-refractivity contribution is -0.121. The van der Waals surface area contributed by atoms with E-state index in [1.807, 2.05) is 41.1 Å². The molecule has 0 spiro atoms. The summed E-state index contributed by atoms with van der Waals surface area (Å²) in [5.41, 5.74) is 1.67. The van der Waals surface area contributed by atoms with Crippen LogP contribution in [0.2, 0.25) is 0 Å². The molecule has 1 aromatic heterocycles. The third-order valence-electron chi connectivity index (χ3n) is 4.01. The Kier molecular flexibility index (Phi) is 4.91. The van der Waals surface area contributed by atoms with E-state index in [2.05, 4.69) is 5.32 Å². The molecule has 4 nitrogen and oxygen atoms in total. The second kappa shape index (κ2) is 7.27. The Morgan fingerprint density at radius 2 is 1.88 bits per heavy atom. The van der Waals surface area contributed by atoms with Gasteiger partial charge in [-0.15, -0.1) is 0 Å². The number of para-hydroxylation sites is 1. The number of benzene rings is 2. The van der Waals surface area contributed by atoms with E-state index in [0.29, 0.717) is 18.5 Å². The van der Waals surface area contributed by atoms with Crippen LogP contribution in [0.25, 0.3) is 10.9 Å². The minimum atomic E-state index is -0.845. The van der Waals surface area contributed by atoms with Gasteiger partial charge >= 0.3 is 0 Å². The normalized spacial score (nSPS) is 12.2. The quantitative estimate of drug-likeness (QED) is 0.731. The van der Waals surface area contributed by atoms with Gasteiger partial charge in [0.15, 0.2) is 0 Å². The van der Waals surface area contributed by atoms with Crippen molar-refractivity contribution in [2.45, 2.75) is 19.1 Å². The van der Waals surface area contributed by atoms with Crippen molar-refractivity contribution in [3.63, 3.8) is 0 Å². The maximum absolute atomic E-state index is 12.9. The van der Waals surface area contributed by atoms with Gasteiger partial charge in [-0.05, 0) is 35.2 Å². The van der Waals surface area contributed by atoms with E-state index >= 15 is 0 Å². The number of carbonyl (C=O) groups is 1. The minimum absolute atomic E-state index is 0.108. The van der Waals surface area contributed by atoms with Crippen LogP contribution in [0, 0.1) is 5.82 Å². The van der Waals surface area contributed by atoms with Crippen molar-refractivity contribution in [3.8, 4) is 0 Å². The summed E-state index contributed by atoms with van der Waals surface area (Å²) in [6.07, 6.45) is 1.45. The van der Waals surface area contributed by atoms with E-state index in [1.54, 1.807) is 0 Å². The Bertz CT molecular complexity index is 827. The maximum atomic E-state index is 12.9. The summed E-state index contributed by atoms with van der Waals surface area (Å²) < 4.78 is 14.9. The summed E-state index contributed by atoms with van der Waals surface area (Å²) in [4.78, 5) is 12.0. The fourth-order valence-electron chi connectivity index (χ4n) is 2.66. The van der Waals surface area contributed by atoms with Gasteiger partial charge in [-0.3, -0.25) is 4.79 Å². The van der Waals surface area contributed by atoms with Gasteiger partial charge in [0.1, 0.15) is 5.82 Å². The molecular formula is C19H19FN2O2. The van der Waals surface area contributed by atoms with Gasteiger partial charge in [-0.2, -0.15) is 0 Å². The van der Waals surface area contributed by atoms with Crippen molar-refractivity contribution in [1.82, 2.24) is 9.88 Å². The molecule has 2 N–H and O–H groups in total. The van der Waals surface area contributed by atoms with Crippen LogP contribution in [0.3, 0.4) is 0 Å². The molecule has 24 heavy (non-hydrogen) atoms. The molecule has 1 unspecified atom stereocenters. The van der Waals surface area contributed by atoms with Gasteiger partial charge in [0.05, 0.1) is 6.10 Å². The Morgan fingerprint density at radius 3 is 2.67 bits per heavy atom. The van der Waals surface area contributed by atoms with E-state index in [9.17, 15) is 14.3 Å². The monoisotopic (exact) mass is 326 g/mol. The number of fused-ring (bicyclic) bond motifs is 1. The predicted octanol–water partition coefficient (Wildman–Crippen LogP) is 3.02. The average molecular weight is 326 g/mol. The van der Waals surface area contributed by atoms with Crippen molar-refractivity contribution in [2.75, 3.05) is 6.54 Å². The number of rotatable bonds is 6. The number of aryl methyl sites for hydroxylation is 1. The first-order valence-corrected chi connectivity index (χ1v) is 7.87. The summed E-state index contributed by atoms with van der Waals surface area (Å²) in [5, 5.41) is 13.9. The van der Waals surface area contributed by atoms with E-state index in [4.69, 9.17) is 0 Å². The zero-order valence-electron chi connectivity index (χ0n) is 13.2. The fourth-order valence-corrected chi connectivity index (χ4v) is 2.66. The number of aliphatic hydroxyl groups is 1. The van der Waals surface area contributed by atoms with Crippen LogP contribution in [0.4, 0.5) is 4.39 Å². The summed E-state index contributed by atoms with van der Waals surface area (Å²) in [5.74, 6) is -0.483. The van der Waals surface area contributed by atoms with Crippen molar-refractivity contribution in [2.24, 2.45) is 0 Å². The average Bonchev–Trinajstić information content (AvgIpc) is 3.01. The maximum Gasteiger partial charge on any atom is 0.221 e. The molecule has 2 aromatic carbocycles. The fraction of sp³-hybridized carbons (Fsp3) is 0.211. The highest BCUT2D eigenvalue weighted by atomic mass is 19.1. The molecule has 0 radical (unpaired) electrons. The second-order valence-corrected chi connectivity index (χ2v) is 5.69. The summed E-state index contributed by atoms with van der Waals surface area (Å²) >= 11 is 0. The van der Waals surface area contributed by atoms with Crippen LogP contribution in [0.15, 0.2) is 60.8 Å². The van der Waals surface area contributed by atoms with Crippen molar-refractivity contribution in [3.05, 3.63) is 72.2 Å². The Morgan fingerprint density at radius 1 is 1.12 bits per heavy atom. The van der Waals surface area contributed by atoms with Gasteiger partial charge in [0.2, 0.25) is 5.91 Å². The summed E-state index contributed by atoms with van der Waals surface area (Å²) in [6.45, 7) is 0.683. The van der Waals surface area contributed by atoms with Gasteiger partial charge in [0.25, 0.3) is 0 Å². The number of nitrogens with zero attached hydrogens (tertiary/aromatic N) is 1. The number of hydrogen-bond donors (Lipinski definition) is 2. The molecule has 3 aromatic rings. The number of aromatic nitrogens is 1. The van der Waals surface area contributed by atoms with Crippen LogP contribution < -0.4 is 5.32 Å². The van der Waals surface area contributed by atoms with E-state index in [-0.39, 0.29) is 18.3 Å². The molecule has 124 valence electrons. The molecule has 0 saturated carbocycles. The van der Waals surface area contributed by atoms with Crippen molar-refractivity contribution < 1.29 is 14.3 Å². The lowest BCUT2D eigenvalue weighted by Crippen LogP contribution is -2.29. The Labute approximate surface area is 139 Å². The van der Waals surface area contributed by atoms with Gasteiger partial charge < -0.3 is 15.0 Å². The Balaban J connectivity index is 1.50. The standard InChI is InChI=1S/C19H19FN2O2/c20-16-7-5-15(6-8-16)18(23)13-21-19(24)10-12-22-11-9-14-3-1-2-4-17(14)22/h1-9,11,18,23H,10,12-13H2,(H,21,24). The molecule has 1 atom stereocenters. The van der Waals surface area contributed by atoms with E-state index < -0.39 is 6.10 Å². The number of amides is 1. The van der Waals surface area contributed by atoms with E-state index in [1.165, 1.54) is 24.3 Å². The zero-order valence-corrected chi connectivity index (χ0v) is 13.2. The van der Waals surface area contributed by atoms with Crippen LogP contribution in [0.5, 0.6) is 0 Å². The topological polar surface area (TPSA) is 54.3 Å². The van der Waals surface area contributed by atoms with Crippen LogP contribution in [-0.2, 0) is 11.3 Å². The first kappa shape index (κ1) is 16.2. The van der Waals surface area contributed by atoms with Gasteiger partial charge in [0, 0.05) is 31.2 Å². The van der Waals surface area contributed by atoms with E-state index in [0.717, 1.165) is 10.9 Å². The number of halogens is 1. The third kappa shape index (κ3) is 3.81. The molecular weight excluding hydrogens is 307 g/mol. The molecule has 0 bridgehead atoms. The third-order valence-corrected chi connectivity index (χ3v) is 4.01. The van der Waals surface area contributed by atoms with Gasteiger partial charge in [-0.1, -0.05) is 30.3 Å². The van der Waals surface area contributed by atoms with Gasteiger partial charge in [-0.25, -0.2) is 4.39 Å². The number of aliphatic hydroxyl groups excluding tert-OH is 1. The lowest BCUT2D eigenvalue weighted by Gasteiger charge is -2.12. The smallest absolute Gasteiger partial charge is 0.221 e. The summed E-state index contributed by atoms with van der Waals surface area (Å²) in [6, 6.07) is 15.6. The van der Waals surface area contributed by atoms with Crippen molar-refractivity contribution >= 4 is 16.8 Å². The number of carbonyl (C=O) groups excluding carboxylic acids is 1. The largest absolute Gasteiger partial charge is 0.387 e. The molecule has 0 fully saturated rings. The SMILES string of the molecule is O=C(CCn1ccc2ccccc21)NCC(O)c1ccc(F)cc1. The molecule has 1 amide bonds. The van der Waals surface area contributed by atoms with Crippen molar-refractivity contribution in [1.29, 1.82) is 0 Å². The molecule has 0 aliphatic heterocycles. The molecule has 3 rings (SSSR count). The zero-order chi connectivity index (χ0) is 16.9.